The molecule has 1 aromatic carbocycles. The van der Waals surface area contributed by atoms with Crippen molar-refractivity contribution in [3.05, 3.63) is 47.7 Å². The Bertz CT molecular complexity index is 565. The van der Waals surface area contributed by atoms with Gasteiger partial charge >= 0.3 is 0 Å². The zero-order valence-electron chi connectivity index (χ0n) is 8.29. The molecule has 78 valence electrons. The Balaban J connectivity index is 2.43. The van der Waals surface area contributed by atoms with E-state index < -0.39 is 0 Å². The minimum absolute atomic E-state index is 0.0661. The molecule has 0 spiro atoms. The fourth-order valence-electron chi connectivity index (χ4n) is 1.31. The topological polar surface area (TPSA) is 84.7 Å². The van der Waals surface area contributed by atoms with E-state index in [0.29, 0.717) is 5.56 Å². The SMILES string of the molecule is N#Cc1cnn(C(=O)c2ccccc2)c1N. The molecule has 0 unspecified atom stereocenters. The maximum Gasteiger partial charge on any atom is 0.280 e. The quantitative estimate of drug-likeness (QED) is 0.764. The number of benzene rings is 1. The number of nitrogen functional groups attached to an aromatic ring is 1. The number of aromatic nitrogens is 2. The van der Waals surface area contributed by atoms with Crippen molar-refractivity contribution in [2.75, 3.05) is 5.73 Å². The molecule has 2 rings (SSSR count). The van der Waals surface area contributed by atoms with Crippen LogP contribution in [0.2, 0.25) is 0 Å². The van der Waals surface area contributed by atoms with Gasteiger partial charge in [0.1, 0.15) is 17.5 Å². The third kappa shape index (κ3) is 1.53. The highest BCUT2D eigenvalue weighted by Crippen LogP contribution is 2.11. The molecule has 0 saturated carbocycles. The number of carbonyl (C=O) groups is 1. The number of hydrogen-bond donors (Lipinski definition) is 1. The van der Waals surface area contributed by atoms with Crippen LogP contribution in [0.3, 0.4) is 0 Å². The van der Waals surface area contributed by atoms with Gasteiger partial charge in [-0.1, -0.05) is 18.2 Å². The van der Waals surface area contributed by atoms with Crippen molar-refractivity contribution in [3.8, 4) is 6.07 Å². The van der Waals surface area contributed by atoms with Gasteiger partial charge in [-0.05, 0) is 12.1 Å². The van der Waals surface area contributed by atoms with Crippen LogP contribution in [0.25, 0.3) is 0 Å². The summed E-state index contributed by atoms with van der Waals surface area (Å²) in [6, 6.07) is 10.5. The van der Waals surface area contributed by atoms with E-state index in [2.05, 4.69) is 5.10 Å². The molecular weight excluding hydrogens is 204 g/mol. The minimum Gasteiger partial charge on any atom is -0.382 e. The maximum absolute atomic E-state index is 11.9. The summed E-state index contributed by atoms with van der Waals surface area (Å²) in [5, 5.41) is 12.5. The Morgan fingerprint density at radius 1 is 1.38 bits per heavy atom. The average molecular weight is 212 g/mol. The fraction of sp³-hybridized carbons (Fsp3) is 0. The number of nitriles is 1. The largest absolute Gasteiger partial charge is 0.382 e. The van der Waals surface area contributed by atoms with Gasteiger partial charge < -0.3 is 5.73 Å². The van der Waals surface area contributed by atoms with E-state index >= 15 is 0 Å². The van der Waals surface area contributed by atoms with Crippen molar-refractivity contribution in [1.82, 2.24) is 9.78 Å². The second-order valence-electron chi connectivity index (χ2n) is 3.14. The summed E-state index contributed by atoms with van der Waals surface area (Å²) in [4.78, 5) is 11.9. The van der Waals surface area contributed by atoms with Gasteiger partial charge in [-0.15, -0.1) is 0 Å². The van der Waals surface area contributed by atoms with Gasteiger partial charge in [0.2, 0.25) is 0 Å². The van der Waals surface area contributed by atoms with Crippen molar-refractivity contribution in [2.45, 2.75) is 0 Å². The van der Waals surface area contributed by atoms with Gasteiger partial charge in [-0.3, -0.25) is 4.79 Å². The molecule has 2 aromatic rings. The van der Waals surface area contributed by atoms with Crippen LogP contribution in [-0.2, 0) is 0 Å². The number of nitrogens with zero attached hydrogens (tertiary/aromatic N) is 3. The molecule has 5 heteroatoms. The van der Waals surface area contributed by atoms with Gasteiger partial charge in [0.05, 0.1) is 6.20 Å². The van der Waals surface area contributed by atoms with Crippen LogP contribution in [0.1, 0.15) is 15.9 Å². The van der Waals surface area contributed by atoms with Crippen molar-refractivity contribution >= 4 is 11.7 Å². The highest BCUT2D eigenvalue weighted by atomic mass is 16.2. The normalized spacial score (nSPS) is 9.69. The lowest BCUT2D eigenvalue weighted by Gasteiger charge is -2.01. The van der Waals surface area contributed by atoms with Crippen LogP contribution in [0.4, 0.5) is 5.82 Å². The van der Waals surface area contributed by atoms with Gasteiger partial charge in [-0.2, -0.15) is 15.0 Å². The fourth-order valence-corrected chi connectivity index (χ4v) is 1.31. The van der Waals surface area contributed by atoms with Crippen molar-refractivity contribution in [3.63, 3.8) is 0 Å². The molecule has 0 fully saturated rings. The van der Waals surface area contributed by atoms with E-state index in [1.54, 1.807) is 24.3 Å². The van der Waals surface area contributed by atoms with Crippen LogP contribution >= 0.6 is 0 Å². The molecule has 0 atom stereocenters. The van der Waals surface area contributed by atoms with E-state index in [0.717, 1.165) is 4.68 Å². The van der Waals surface area contributed by atoms with Crippen LogP contribution in [0.5, 0.6) is 0 Å². The summed E-state index contributed by atoms with van der Waals surface area (Å²) in [5.41, 5.74) is 6.28. The molecule has 0 bridgehead atoms. The van der Waals surface area contributed by atoms with Crippen LogP contribution < -0.4 is 5.73 Å². The standard InChI is InChI=1S/C11H8N4O/c12-6-9-7-14-15(10(9)13)11(16)8-4-2-1-3-5-8/h1-5,7H,13H2. The number of carbonyl (C=O) groups excluding carboxylic acids is 1. The second kappa shape index (κ2) is 3.87. The van der Waals surface area contributed by atoms with Crippen molar-refractivity contribution in [2.24, 2.45) is 0 Å². The Morgan fingerprint density at radius 3 is 2.62 bits per heavy atom. The first-order valence-electron chi connectivity index (χ1n) is 4.57. The lowest BCUT2D eigenvalue weighted by molar-refractivity contribution is 0.0948. The highest BCUT2D eigenvalue weighted by molar-refractivity contribution is 5.97. The molecule has 0 saturated heterocycles. The smallest absolute Gasteiger partial charge is 0.280 e. The summed E-state index contributed by atoms with van der Waals surface area (Å²) < 4.78 is 1.02. The highest BCUT2D eigenvalue weighted by Gasteiger charge is 2.14. The Hall–Kier alpha value is -2.61. The summed E-state index contributed by atoms with van der Waals surface area (Å²) in [5.74, 6) is -0.282. The molecule has 1 aromatic heterocycles. The molecule has 0 aliphatic heterocycles. The van der Waals surface area contributed by atoms with E-state index in [4.69, 9.17) is 11.0 Å². The van der Waals surface area contributed by atoms with Crippen molar-refractivity contribution in [1.29, 1.82) is 5.26 Å². The van der Waals surface area contributed by atoms with E-state index in [1.807, 2.05) is 12.1 Å². The molecule has 0 radical (unpaired) electrons. The first-order chi connectivity index (χ1) is 7.74. The maximum atomic E-state index is 11.9. The van der Waals surface area contributed by atoms with Crippen LogP contribution in [0.15, 0.2) is 36.5 Å². The molecule has 1 heterocycles. The second-order valence-corrected chi connectivity index (χ2v) is 3.14. The number of rotatable bonds is 1. The molecule has 0 aliphatic rings. The van der Waals surface area contributed by atoms with Gasteiger partial charge in [0.25, 0.3) is 5.91 Å². The summed E-state index contributed by atoms with van der Waals surface area (Å²) in [6.07, 6.45) is 1.27. The number of hydrogen-bond acceptors (Lipinski definition) is 4. The zero-order chi connectivity index (χ0) is 11.5. The monoisotopic (exact) mass is 212 g/mol. The van der Waals surface area contributed by atoms with Gasteiger partial charge in [0.15, 0.2) is 0 Å². The Kier molecular flexibility index (Phi) is 2.40. The van der Waals surface area contributed by atoms with Gasteiger partial charge in [-0.25, -0.2) is 0 Å². The molecular formula is C11H8N4O. The molecule has 16 heavy (non-hydrogen) atoms. The lowest BCUT2D eigenvalue weighted by atomic mass is 10.2. The van der Waals surface area contributed by atoms with Crippen LogP contribution in [-0.4, -0.2) is 15.7 Å². The minimum atomic E-state index is -0.348. The number of nitrogens with two attached hydrogens (primary N) is 1. The molecule has 2 N–H and O–H groups in total. The average Bonchev–Trinajstić information content (AvgIpc) is 2.70. The van der Waals surface area contributed by atoms with Gasteiger partial charge in [0, 0.05) is 5.56 Å². The van der Waals surface area contributed by atoms with Crippen LogP contribution in [0, 0.1) is 11.3 Å². The summed E-state index contributed by atoms with van der Waals surface area (Å²) in [7, 11) is 0. The summed E-state index contributed by atoms with van der Waals surface area (Å²) in [6.45, 7) is 0. The van der Waals surface area contributed by atoms with E-state index in [9.17, 15) is 4.79 Å². The van der Waals surface area contributed by atoms with E-state index in [-0.39, 0.29) is 17.3 Å². The van der Waals surface area contributed by atoms with E-state index in [1.165, 1.54) is 6.20 Å². The molecule has 5 nitrogen and oxygen atoms in total. The first-order valence-corrected chi connectivity index (χ1v) is 4.57. The zero-order valence-corrected chi connectivity index (χ0v) is 8.29. The van der Waals surface area contributed by atoms with Crippen molar-refractivity contribution < 1.29 is 4.79 Å². The first kappa shape index (κ1) is 9.93. The molecule has 0 amide bonds. The number of anilines is 1. The molecule has 0 aliphatic carbocycles. The predicted molar refractivity (Wildman–Crippen MR) is 57.5 cm³/mol. The summed E-state index contributed by atoms with van der Waals surface area (Å²) >= 11 is 0. The Morgan fingerprint density at radius 2 is 2.06 bits per heavy atom. The third-order valence-corrected chi connectivity index (χ3v) is 2.14. The third-order valence-electron chi connectivity index (χ3n) is 2.14. The lowest BCUT2D eigenvalue weighted by Crippen LogP contribution is -2.16. The Labute approximate surface area is 91.7 Å². The predicted octanol–water partition coefficient (Wildman–Crippen LogP) is 1.03.